The van der Waals surface area contributed by atoms with Gasteiger partial charge in [0.2, 0.25) is 0 Å². The summed E-state index contributed by atoms with van der Waals surface area (Å²) in [5, 5.41) is 4.29. The van der Waals surface area contributed by atoms with E-state index in [4.69, 9.17) is 11.6 Å². The molecule has 2 aromatic rings. The molecule has 0 fully saturated rings. The third kappa shape index (κ3) is 3.74. The van der Waals surface area contributed by atoms with E-state index in [9.17, 15) is 0 Å². The van der Waals surface area contributed by atoms with Crippen LogP contribution in [0.2, 0.25) is 5.02 Å². The van der Waals surface area contributed by atoms with Crippen molar-refractivity contribution in [2.24, 2.45) is 0 Å². The van der Waals surface area contributed by atoms with Crippen molar-refractivity contribution < 1.29 is 0 Å². The van der Waals surface area contributed by atoms with Gasteiger partial charge in [-0.15, -0.1) is 0 Å². The molecule has 2 rings (SSSR count). The molecule has 1 nitrogen and oxygen atoms in total. The Bertz CT molecular complexity index is 555. The second kappa shape index (κ2) is 5.66. The van der Waals surface area contributed by atoms with E-state index in [0.29, 0.717) is 0 Å². The van der Waals surface area contributed by atoms with E-state index in [1.807, 2.05) is 18.2 Å². The van der Waals surface area contributed by atoms with E-state index in [2.05, 4.69) is 56.4 Å². The van der Waals surface area contributed by atoms with Crippen molar-refractivity contribution in [1.82, 2.24) is 0 Å². The minimum atomic E-state index is 0.137. The van der Waals surface area contributed by atoms with Crippen molar-refractivity contribution in [3.8, 4) is 0 Å². The molecule has 0 bridgehead atoms. The lowest BCUT2D eigenvalue weighted by molar-refractivity contribution is 0.591. The highest BCUT2D eigenvalue weighted by atomic mass is 35.5. The number of anilines is 1. The molecule has 0 aliphatic carbocycles. The Hall–Kier alpha value is -1.47. The largest absolute Gasteiger partial charge is 0.381 e. The fourth-order valence-corrected chi connectivity index (χ4v) is 2.35. The van der Waals surface area contributed by atoms with Gasteiger partial charge in [0.15, 0.2) is 0 Å². The minimum absolute atomic E-state index is 0.137. The molecule has 0 spiro atoms. The molecule has 1 N–H and O–H groups in total. The molecule has 2 heteroatoms. The lowest BCUT2D eigenvalue weighted by Crippen LogP contribution is -2.14. The van der Waals surface area contributed by atoms with Crippen LogP contribution in [0.4, 0.5) is 5.69 Å². The molecule has 0 aromatic heterocycles. The number of halogens is 1. The maximum atomic E-state index is 6.00. The van der Waals surface area contributed by atoms with Gasteiger partial charge in [0.25, 0.3) is 0 Å². The molecule has 100 valence electrons. The number of nitrogens with one attached hydrogen (secondary N) is 1. The van der Waals surface area contributed by atoms with E-state index in [1.54, 1.807) is 0 Å². The van der Waals surface area contributed by atoms with E-state index in [-0.39, 0.29) is 5.41 Å². The predicted molar refractivity (Wildman–Crippen MR) is 83.9 cm³/mol. The topological polar surface area (TPSA) is 12.0 Å². The van der Waals surface area contributed by atoms with E-state index >= 15 is 0 Å². The summed E-state index contributed by atoms with van der Waals surface area (Å²) in [4.78, 5) is 0. The SMILES string of the molecule is CC(C)(C)c1ccccc1NCc1cccc(Cl)c1. The van der Waals surface area contributed by atoms with Crippen LogP contribution in [0.5, 0.6) is 0 Å². The zero-order valence-electron chi connectivity index (χ0n) is 11.7. The predicted octanol–water partition coefficient (Wildman–Crippen LogP) is 5.25. The first-order valence-corrected chi connectivity index (χ1v) is 6.92. The van der Waals surface area contributed by atoms with Crippen molar-refractivity contribution in [2.45, 2.75) is 32.7 Å². The van der Waals surface area contributed by atoms with Gasteiger partial charge in [-0.2, -0.15) is 0 Å². The molecular formula is C17H20ClN. The first-order valence-electron chi connectivity index (χ1n) is 6.54. The van der Waals surface area contributed by atoms with Crippen LogP contribution >= 0.6 is 11.6 Å². The van der Waals surface area contributed by atoms with Crippen LogP contribution in [0, 0.1) is 0 Å². The van der Waals surface area contributed by atoms with Crippen molar-refractivity contribution in [3.05, 3.63) is 64.7 Å². The number of rotatable bonds is 3. The maximum absolute atomic E-state index is 6.00. The summed E-state index contributed by atoms with van der Waals surface area (Å²) in [6.07, 6.45) is 0. The molecule has 19 heavy (non-hydrogen) atoms. The monoisotopic (exact) mass is 273 g/mol. The molecule has 0 unspecified atom stereocenters. The first kappa shape index (κ1) is 14.0. The van der Waals surface area contributed by atoms with Gasteiger partial charge in [-0.3, -0.25) is 0 Å². The Morgan fingerprint density at radius 1 is 1.00 bits per heavy atom. The second-order valence-corrected chi connectivity index (χ2v) is 6.22. The van der Waals surface area contributed by atoms with Crippen LogP contribution in [0.1, 0.15) is 31.9 Å². The van der Waals surface area contributed by atoms with Gasteiger partial charge in [0, 0.05) is 17.3 Å². The normalized spacial score (nSPS) is 11.4. The fourth-order valence-electron chi connectivity index (χ4n) is 2.14. The number of para-hydroxylation sites is 1. The molecular weight excluding hydrogens is 254 g/mol. The lowest BCUT2D eigenvalue weighted by atomic mass is 9.86. The molecule has 0 saturated heterocycles. The van der Waals surface area contributed by atoms with Crippen molar-refractivity contribution in [1.29, 1.82) is 0 Å². The number of benzene rings is 2. The molecule has 0 heterocycles. The Balaban J connectivity index is 2.16. The molecule has 0 aliphatic heterocycles. The summed E-state index contributed by atoms with van der Waals surface area (Å²) >= 11 is 6.00. The average Bonchev–Trinajstić information content (AvgIpc) is 2.36. The van der Waals surface area contributed by atoms with Crippen LogP contribution < -0.4 is 5.32 Å². The summed E-state index contributed by atoms with van der Waals surface area (Å²) in [5.41, 5.74) is 3.85. The van der Waals surface area contributed by atoms with E-state index in [1.165, 1.54) is 16.8 Å². The summed E-state index contributed by atoms with van der Waals surface area (Å²) in [6.45, 7) is 7.47. The molecule has 0 atom stereocenters. The third-order valence-electron chi connectivity index (χ3n) is 3.11. The average molecular weight is 274 g/mol. The Morgan fingerprint density at radius 3 is 2.42 bits per heavy atom. The van der Waals surface area contributed by atoms with Gasteiger partial charge in [-0.1, -0.05) is 62.7 Å². The zero-order chi connectivity index (χ0) is 13.9. The van der Waals surface area contributed by atoms with Crippen molar-refractivity contribution in [2.75, 3.05) is 5.32 Å². The fraction of sp³-hybridized carbons (Fsp3) is 0.294. The summed E-state index contributed by atoms with van der Waals surface area (Å²) < 4.78 is 0. The minimum Gasteiger partial charge on any atom is -0.381 e. The van der Waals surface area contributed by atoms with Crippen LogP contribution in [0.25, 0.3) is 0 Å². The zero-order valence-corrected chi connectivity index (χ0v) is 12.5. The lowest BCUT2D eigenvalue weighted by Gasteiger charge is -2.23. The summed E-state index contributed by atoms with van der Waals surface area (Å²) in [5.74, 6) is 0. The van der Waals surface area contributed by atoms with Gasteiger partial charge < -0.3 is 5.32 Å². The Labute approximate surface area is 120 Å². The van der Waals surface area contributed by atoms with Crippen molar-refractivity contribution >= 4 is 17.3 Å². The van der Waals surface area contributed by atoms with Crippen LogP contribution in [0.3, 0.4) is 0 Å². The van der Waals surface area contributed by atoms with Crippen LogP contribution in [-0.2, 0) is 12.0 Å². The van der Waals surface area contributed by atoms with Gasteiger partial charge in [-0.05, 0) is 34.7 Å². The third-order valence-corrected chi connectivity index (χ3v) is 3.34. The summed E-state index contributed by atoms with van der Waals surface area (Å²) in [6, 6.07) is 16.4. The van der Waals surface area contributed by atoms with Crippen LogP contribution in [0.15, 0.2) is 48.5 Å². The van der Waals surface area contributed by atoms with Gasteiger partial charge in [0.1, 0.15) is 0 Å². The van der Waals surface area contributed by atoms with Gasteiger partial charge in [-0.25, -0.2) is 0 Å². The number of hydrogen-bond donors (Lipinski definition) is 1. The first-order chi connectivity index (χ1) is 8.97. The maximum Gasteiger partial charge on any atom is 0.0409 e. The van der Waals surface area contributed by atoms with Gasteiger partial charge in [0.05, 0.1) is 0 Å². The Morgan fingerprint density at radius 2 is 1.74 bits per heavy atom. The molecule has 0 aliphatic rings. The Kier molecular flexibility index (Phi) is 4.16. The number of hydrogen-bond acceptors (Lipinski definition) is 1. The van der Waals surface area contributed by atoms with Crippen molar-refractivity contribution in [3.63, 3.8) is 0 Å². The smallest absolute Gasteiger partial charge is 0.0409 e. The second-order valence-electron chi connectivity index (χ2n) is 5.78. The molecule has 2 aromatic carbocycles. The molecule has 0 amide bonds. The summed E-state index contributed by atoms with van der Waals surface area (Å²) in [7, 11) is 0. The standard InChI is InChI=1S/C17H20ClN/c1-17(2,3)15-9-4-5-10-16(15)19-12-13-7-6-8-14(18)11-13/h4-11,19H,12H2,1-3H3. The molecule has 0 radical (unpaired) electrons. The molecule has 0 saturated carbocycles. The highest BCUT2D eigenvalue weighted by molar-refractivity contribution is 6.30. The van der Waals surface area contributed by atoms with Gasteiger partial charge >= 0.3 is 0 Å². The van der Waals surface area contributed by atoms with Crippen LogP contribution in [-0.4, -0.2) is 0 Å². The van der Waals surface area contributed by atoms with E-state index < -0.39 is 0 Å². The quantitative estimate of drug-likeness (QED) is 0.805. The highest BCUT2D eigenvalue weighted by Gasteiger charge is 2.16. The van der Waals surface area contributed by atoms with E-state index in [0.717, 1.165) is 11.6 Å². The highest BCUT2D eigenvalue weighted by Crippen LogP contribution is 2.29.